The Morgan fingerprint density at radius 2 is 1.00 bits per heavy atom. The SMILES string of the molecule is C1CCC1.CCN(CC)CC.Cl.N. The first-order valence-corrected chi connectivity index (χ1v) is 5.07. The van der Waals surface area contributed by atoms with E-state index >= 15 is 0 Å². The smallest absolute Gasteiger partial charge is 0.00474 e. The topological polar surface area (TPSA) is 38.2 Å². The maximum absolute atomic E-state index is 2.38. The molecule has 0 amide bonds. The Balaban J connectivity index is -0.000000144. The van der Waals surface area contributed by atoms with Crippen LogP contribution >= 0.6 is 12.4 Å². The highest BCUT2D eigenvalue weighted by Crippen LogP contribution is 2.15. The van der Waals surface area contributed by atoms with Crippen LogP contribution in [0.15, 0.2) is 0 Å². The summed E-state index contributed by atoms with van der Waals surface area (Å²) in [6.45, 7) is 10.1. The fraction of sp³-hybridized carbons (Fsp3) is 1.00. The van der Waals surface area contributed by atoms with E-state index in [-0.39, 0.29) is 18.6 Å². The van der Waals surface area contributed by atoms with Crippen molar-refractivity contribution in [1.82, 2.24) is 11.1 Å². The van der Waals surface area contributed by atoms with Crippen molar-refractivity contribution in [3.8, 4) is 0 Å². The molecule has 1 saturated carbocycles. The summed E-state index contributed by atoms with van der Waals surface area (Å²) in [4.78, 5) is 2.38. The van der Waals surface area contributed by atoms with Crippen molar-refractivity contribution in [2.75, 3.05) is 19.6 Å². The van der Waals surface area contributed by atoms with E-state index in [0.717, 1.165) is 0 Å². The molecule has 3 N–H and O–H groups in total. The summed E-state index contributed by atoms with van der Waals surface area (Å²) in [6, 6.07) is 0. The molecule has 13 heavy (non-hydrogen) atoms. The lowest BCUT2D eigenvalue weighted by Crippen LogP contribution is -2.21. The summed E-state index contributed by atoms with van der Waals surface area (Å²) >= 11 is 0. The first kappa shape index (κ1) is 18.9. The van der Waals surface area contributed by atoms with Crippen molar-refractivity contribution in [3.05, 3.63) is 0 Å². The molecule has 0 aromatic rings. The van der Waals surface area contributed by atoms with Crippen LogP contribution in [-0.4, -0.2) is 24.5 Å². The summed E-state index contributed by atoms with van der Waals surface area (Å²) in [7, 11) is 0. The quantitative estimate of drug-likeness (QED) is 0.775. The molecule has 0 aliphatic heterocycles. The zero-order valence-corrected chi connectivity index (χ0v) is 10.3. The number of rotatable bonds is 3. The van der Waals surface area contributed by atoms with Crippen molar-refractivity contribution in [2.24, 2.45) is 0 Å². The molecule has 0 bridgehead atoms. The average molecular weight is 211 g/mol. The third-order valence-electron chi connectivity index (χ3n) is 2.34. The van der Waals surface area contributed by atoms with E-state index in [2.05, 4.69) is 25.7 Å². The molecule has 1 aliphatic rings. The Morgan fingerprint density at radius 1 is 0.769 bits per heavy atom. The van der Waals surface area contributed by atoms with Gasteiger partial charge in [-0.1, -0.05) is 46.5 Å². The van der Waals surface area contributed by atoms with Crippen LogP contribution in [0.3, 0.4) is 0 Å². The molecule has 1 rings (SSSR count). The molecule has 2 nitrogen and oxygen atoms in total. The fourth-order valence-corrected chi connectivity index (χ4v) is 0.921. The summed E-state index contributed by atoms with van der Waals surface area (Å²) < 4.78 is 0. The minimum absolute atomic E-state index is 0. The standard InChI is InChI=1S/C6H15N.C4H8.ClH.H3N/c1-4-7(5-2)6-3;1-2-4-3-1;;/h4-6H2,1-3H3;1-4H2;1H;1H3. The van der Waals surface area contributed by atoms with E-state index in [1.807, 2.05) is 0 Å². The second kappa shape index (κ2) is 14.7. The number of hydrogen-bond acceptors (Lipinski definition) is 2. The monoisotopic (exact) mass is 210 g/mol. The first-order valence-electron chi connectivity index (χ1n) is 5.07. The van der Waals surface area contributed by atoms with Crippen LogP contribution < -0.4 is 6.15 Å². The molecule has 1 aliphatic carbocycles. The van der Waals surface area contributed by atoms with Crippen molar-refractivity contribution < 1.29 is 0 Å². The van der Waals surface area contributed by atoms with Gasteiger partial charge >= 0.3 is 0 Å². The molecule has 0 aromatic heterocycles. The van der Waals surface area contributed by atoms with Gasteiger partial charge in [0.05, 0.1) is 0 Å². The van der Waals surface area contributed by atoms with Crippen molar-refractivity contribution in [1.29, 1.82) is 0 Å². The number of halogens is 1. The Labute approximate surface area is 90.1 Å². The minimum atomic E-state index is 0. The molecule has 0 saturated heterocycles. The second-order valence-electron chi connectivity index (χ2n) is 3.03. The average Bonchev–Trinajstić information content (AvgIpc) is 1.88. The highest BCUT2D eigenvalue weighted by atomic mass is 35.5. The molecule has 0 spiro atoms. The van der Waals surface area contributed by atoms with Crippen LogP contribution in [0.4, 0.5) is 0 Å². The van der Waals surface area contributed by atoms with Gasteiger partial charge in [0.15, 0.2) is 0 Å². The predicted molar refractivity (Wildman–Crippen MR) is 64.2 cm³/mol. The molecule has 0 heterocycles. The van der Waals surface area contributed by atoms with Crippen molar-refractivity contribution in [2.45, 2.75) is 46.5 Å². The summed E-state index contributed by atoms with van der Waals surface area (Å²) in [5, 5.41) is 0. The fourth-order valence-electron chi connectivity index (χ4n) is 0.921. The molecule has 0 unspecified atom stereocenters. The second-order valence-corrected chi connectivity index (χ2v) is 3.03. The summed E-state index contributed by atoms with van der Waals surface area (Å²) in [6.07, 6.45) is 6.00. The lowest BCUT2D eigenvalue weighted by molar-refractivity contribution is 0.321. The molecule has 0 atom stereocenters. The molecule has 0 radical (unpaired) electrons. The lowest BCUT2D eigenvalue weighted by Gasteiger charge is -2.13. The van der Waals surface area contributed by atoms with Gasteiger partial charge in [-0.25, -0.2) is 0 Å². The third-order valence-corrected chi connectivity index (χ3v) is 2.34. The van der Waals surface area contributed by atoms with Crippen molar-refractivity contribution in [3.63, 3.8) is 0 Å². The van der Waals surface area contributed by atoms with E-state index in [9.17, 15) is 0 Å². The molecule has 84 valence electrons. The maximum atomic E-state index is 2.38. The van der Waals surface area contributed by atoms with Gasteiger partial charge in [0.1, 0.15) is 0 Å². The first-order chi connectivity index (χ1) is 5.35. The van der Waals surface area contributed by atoms with Gasteiger partial charge in [-0.15, -0.1) is 12.4 Å². The Bertz CT molecular complexity index is 61.8. The molecule has 0 aromatic carbocycles. The van der Waals surface area contributed by atoms with E-state index in [4.69, 9.17) is 0 Å². The Morgan fingerprint density at radius 3 is 1.00 bits per heavy atom. The normalized spacial score (nSPS) is 12.9. The maximum Gasteiger partial charge on any atom is -0.00474 e. The molecular weight excluding hydrogens is 184 g/mol. The van der Waals surface area contributed by atoms with Crippen LogP contribution in [-0.2, 0) is 0 Å². The Kier molecular flexibility index (Phi) is 21.4. The highest BCUT2D eigenvalue weighted by Gasteiger charge is 1.95. The van der Waals surface area contributed by atoms with E-state index in [0.29, 0.717) is 0 Å². The largest absolute Gasteiger partial charge is 0.344 e. The van der Waals surface area contributed by atoms with Gasteiger partial charge in [0.25, 0.3) is 0 Å². The summed E-state index contributed by atoms with van der Waals surface area (Å²) in [5.74, 6) is 0. The third kappa shape index (κ3) is 12.2. The molecule has 1 fully saturated rings. The van der Waals surface area contributed by atoms with E-state index in [1.165, 1.54) is 45.3 Å². The number of nitrogens with zero attached hydrogens (tertiary/aromatic N) is 1. The highest BCUT2D eigenvalue weighted by molar-refractivity contribution is 5.85. The number of hydrogen-bond donors (Lipinski definition) is 1. The van der Waals surface area contributed by atoms with Crippen LogP contribution in [0.2, 0.25) is 0 Å². The predicted octanol–water partition coefficient (Wildman–Crippen LogP) is 3.49. The summed E-state index contributed by atoms with van der Waals surface area (Å²) in [5.41, 5.74) is 0. The zero-order valence-electron chi connectivity index (χ0n) is 9.51. The Hall–Kier alpha value is 0.210. The van der Waals surface area contributed by atoms with Crippen LogP contribution in [0.1, 0.15) is 46.5 Å². The van der Waals surface area contributed by atoms with Gasteiger partial charge in [-0.05, 0) is 19.6 Å². The molecular formula is C10H27ClN2. The van der Waals surface area contributed by atoms with Gasteiger partial charge in [-0.2, -0.15) is 0 Å². The van der Waals surface area contributed by atoms with Gasteiger partial charge < -0.3 is 11.1 Å². The van der Waals surface area contributed by atoms with Crippen molar-refractivity contribution >= 4 is 12.4 Å². The van der Waals surface area contributed by atoms with E-state index < -0.39 is 0 Å². The van der Waals surface area contributed by atoms with Gasteiger partial charge in [0, 0.05) is 0 Å². The van der Waals surface area contributed by atoms with Crippen LogP contribution in [0.25, 0.3) is 0 Å². The van der Waals surface area contributed by atoms with Crippen LogP contribution in [0.5, 0.6) is 0 Å². The van der Waals surface area contributed by atoms with Gasteiger partial charge in [-0.3, -0.25) is 0 Å². The van der Waals surface area contributed by atoms with Crippen LogP contribution in [0, 0.1) is 0 Å². The minimum Gasteiger partial charge on any atom is -0.344 e. The lowest BCUT2D eigenvalue weighted by atomic mass is 10.0. The van der Waals surface area contributed by atoms with E-state index in [1.54, 1.807) is 0 Å². The zero-order chi connectivity index (χ0) is 8.53. The molecule has 3 heteroatoms. The van der Waals surface area contributed by atoms with Gasteiger partial charge in [0.2, 0.25) is 0 Å².